The molecule has 0 spiro atoms. The third-order valence-electron chi connectivity index (χ3n) is 2.35. The molecule has 2 N–H and O–H groups in total. The maximum atomic E-state index is 6.14. The summed E-state index contributed by atoms with van der Waals surface area (Å²) in [4.78, 5) is 4.13. The molecular formula is C12H13ClN2O2. The highest BCUT2D eigenvalue weighted by atomic mass is 35.5. The molecule has 1 heterocycles. The summed E-state index contributed by atoms with van der Waals surface area (Å²) >= 11 is 6.14. The van der Waals surface area contributed by atoms with E-state index in [0.29, 0.717) is 35.4 Å². The van der Waals surface area contributed by atoms with Crippen molar-refractivity contribution in [3.63, 3.8) is 0 Å². The van der Waals surface area contributed by atoms with E-state index in [4.69, 9.17) is 26.5 Å². The first kappa shape index (κ1) is 12.0. The van der Waals surface area contributed by atoms with Crippen molar-refractivity contribution < 1.29 is 9.15 Å². The van der Waals surface area contributed by atoms with Gasteiger partial charge in [0.15, 0.2) is 11.7 Å². The zero-order chi connectivity index (χ0) is 12.3. The van der Waals surface area contributed by atoms with Crippen LogP contribution >= 0.6 is 11.6 Å². The van der Waals surface area contributed by atoms with Crippen LogP contribution in [0.4, 0.5) is 0 Å². The number of nitrogens with zero attached hydrogens (tertiary/aromatic N) is 1. The summed E-state index contributed by atoms with van der Waals surface area (Å²) in [5, 5.41) is 0.569. The maximum absolute atomic E-state index is 6.14. The van der Waals surface area contributed by atoms with Crippen LogP contribution in [0.3, 0.4) is 0 Å². The molecule has 0 saturated heterocycles. The normalized spacial score (nSPS) is 10.5. The first-order valence-corrected chi connectivity index (χ1v) is 5.61. The smallest absolute Gasteiger partial charge is 0.196 e. The molecule has 0 aliphatic carbocycles. The first-order chi connectivity index (χ1) is 8.24. The van der Waals surface area contributed by atoms with Crippen LogP contribution in [0.5, 0.6) is 5.75 Å². The monoisotopic (exact) mass is 252 g/mol. The Kier molecular flexibility index (Phi) is 3.66. The summed E-state index contributed by atoms with van der Waals surface area (Å²) in [6, 6.07) is 5.41. The molecule has 0 atom stereocenters. The standard InChI is InChI=1S/C12H13ClN2O2/c1-16-8-2-3-9(10(13)6-8)11-7-15-12(17-11)4-5-14/h2-3,6-7H,4-5,14H2,1H3. The molecule has 0 unspecified atom stereocenters. The fourth-order valence-corrected chi connectivity index (χ4v) is 1.76. The second kappa shape index (κ2) is 5.21. The van der Waals surface area contributed by atoms with Crippen LogP contribution in [0.2, 0.25) is 5.02 Å². The van der Waals surface area contributed by atoms with Crippen molar-refractivity contribution in [1.82, 2.24) is 4.98 Å². The number of nitrogens with two attached hydrogens (primary N) is 1. The number of benzene rings is 1. The number of aromatic nitrogens is 1. The third-order valence-corrected chi connectivity index (χ3v) is 2.67. The molecule has 1 aromatic heterocycles. The van der Waals surface area contributed by atoms with E-state index in [2.05, 4.69) is 4.98 Å². The quantitative estimate of drug-likeness (QED) is 0.908. The number of halogens is 1. The first-order valence-electron chi connectivity index (χ1n) is 5.23. The lowest BCUT2D eigenvalue weighted by molar-refractivity contribution is 0.415. The summed E-state index contributed by atoms with van der Waals surface area (Å²) in [7, 11) is 1.60. The SMILES string of the molecule is COc1ccc(-c2cnc(CCN)o2)c(Cl)c1. The summed E-state index contributed by atoms with van der Waals surface area (Å²) in [6.45, 7) is 0.510. The van der Waals surface area contributed by atoms with Gasteiger partial charge in [-0.1, -0.05) is 11.6 Å². The highest BCUT2D eigenvalue weighted by Crippen LogP contribution is 2.31. The Bertz CT molecular complexity index is 511. The lowest BCUT2D eigenvalue weighted by atomic mass is 10.2. The molecular weight excluding hydrogens is 240 g/mol. The van der Waals surface area contributed by atoms with Gasteiger partial charge in [0.1, 0.15) is 5.75 Å². The van der Waals surface area contributed by atoms with Gasteiger partial charge in [0, 0.05) is 18.5 Å². The van der Waals surface area contributed by atoms with Crippen molar-refractivity contribution in [3.05, 3.63) is 35.3 Å². The van der Waals surface area contributed by atoms with Gasteiger partial charge in [0.05, 0.1) is 18.3 Å². The molecule has 5 heteroatoms. The van der Waals surface area contributed by atoms with Crippen LogP contribution in [-0.2, 0) is 6.42 Å². The van der Waals surface area contributed by atoms with E-state index in [9.17, 15) is 0 Å². The second-order valence-electron chi connectivity index (χ2n) is 3.50. The number of methoxy groups -OCH3 is 1. The lowest BCUT2D eigenvalue weighted by Crippen LogP contribution is -2.02. The summed E-state index contributed by atoms with van der Waals surface area (Å²) in [6.07, 6.45) is 2.27. The van der Waals surface area contributed by atoms with Crippen molar-refractivity contribution in [1.29, 1.82) is 0 Å². The van der Waals surface area contributed by atoms with Crippen LogP contribution in [0.1, 0.15) is 5.89 Å². The molecule has 1 aromatic carbocycles. The number of rotatable bonds is 4. The van der Waals surface area contributed by atoms with Gasteiger partial charge in [0.2, 0.25) is 0 Å². The van der Waals surface area contributed by atoms with Gasteiger partial charge < -0.3 is 14.9 Å². The molecule has 90 valence electrons. The van der Waals surface area contributed by atoms with Crippen LogP contribution in [0.15, 0.2) is 28.8 Å². The molecule has 0 radical (unpaired) electrons. The Hall–Kier alpha value is -1.52. The van der Waals surface area contributed by atoms with Crippen molar-refractivity contribution in [2.45, 2.75) is 6.42 Å². The van der Waals surface area contributed by atoms with Crippen molar-refractivity contribution in [2.24, 2.45) is 5.73 Å². The molecule has 0 aliphatic heterocycles. The zero-order valence-electron chi connectivity index (χ0n) is 9.44. The van der Waals surface area contributed by atoms with E-state index in [-0.39, 0.29) is 0 Å². The average molecular weight is 253 g/mol. The molecule has 0 amide bonds. The minimum absolute atomic E-state index is 0.510. The second-order valence-corrected chi connectivity index (χ2v) is 3.91. The molecule has 0 fully saturated rings. The topological polar surface area (TPSA) is 61.3 Å². The predicted molar refractivity (Wildman–Crippen MR) is 66.3 cm³/mol. The van der Waals surface area contributed by atoms with Gasteiger partial charge in [-0.15, -0.1) is 0 Å². The molecule has 2 rings (SSSR count). The van der Waals surface area contributed by atoms with Gasteiger partial charge in [-0.3, -0.25) is 0 Å². The zero-order valence-corrected chi connectivity index (χ0v) is 10.2. The minimum atomic E-state index is 0.510. The van der Waals surface area contributed by atoms with E-state index in [1.807, 2.05) is 12.1 Å². The Morgan fingerprint density at radius 2 is 2.29 bits per heavy atom. The predicted octanol–water partition coefficient (Wildman–Crippen LogP) is 2.50. The van der Waals surface area contributed by atoms with Crippen molar-refractivity contribution in [3.8, 4) is 17.1 Å². The Labute approximate surface area is 104 Å². The van der Waals surface area contributed by atoms with E-state index >= 15 is 0 Å². The van der Waals surface area contributed by atoms with Crippen LogP contribution < -0.4 is 10.5 Å². The van der Waals surface area contributed by atoms with E-state index in [1.165, 1.54) is 0 Å². The van der Waals surface area contributed by atoms with Crippen molar-refractivity contribution in [2.75, 3.05) is 13.7 Å². The highest BCUT2D eigenvalue weighted by molar-refractivity contribution is 6.33. The Morgan fingerprint density at radius 1 is 1.47 bits per heavy atom. The number of hydrogen-bond donors (Lipinski definition) is 1. The summed E-state index contributed by atoms with van der Waals surface area (Å²) < 4.78 is 10.6. The number of hydrogen-bond acceptors (Lipinski definition) is 4. The van der Waals surface area contributed by atoms with E-state index in [1.54, 1.807) is 19.4 Å². The molecule has 17 heavy (non-hydrogen) atoms. The molecule has 0 saturated carbocycles. The van der Waals surface area contributed by atoms with E-state index < -0.39 is 0 Å². The number of ether oxygens (including phenoxy) is 1. The fourth-order valence-electron chi connectivity index (χ4n) is 1.50. The Balaban J connectivity index is 2.32. The maximum Gasteiger partial charge on any atom is 0.196 e. The summed E-state index contributed by atoms with van der Waals surface area (Å²) in [5.74, 6) is 1.97. The molecule has 0 bridgehead atoms. The van der Waals surface area contributed by atoms with Gasteiger partial charge in [-0.05, 0) is 18.2 Å². The van der Waals surface area contributed by atoms with Gasteiger partial charge >= 0.3 is 0 Å². The van der Waals surface area contributed by atoms with Gasteiger partial charge in [-0.25, -0.2) is 4.98 Å². The minimum Gasteiger partial charge on any atom is -0.497 e. The lowest BCUT2D eigenvalue weighted by Gasteiger charge is -2.03. The molecule has 0 aliphatic rings. The Morgan fingerprint density at radius 3 is 2.94 bits per heavy atom. The molecule has 2 aromatic rings. The van der Waals surface area contributed by atoms with Crippen LogP contribution in [-0.4, -0.2) is 18.6 Å². The van der Waals surface area contributed by atoms with E-state index in [0.717, 1.165) is 5.56 Å². The fraction of sp³-hybridized carbons (Fsp3) is 0.250. The third kappa shape index (κ3) is 2.60. The molecule has 4 nitrogen and oxygen atoms in total. The highest BCUT2D eigenvalue weighted by Gasteiger charge is 2.10. The van der Waals surface area contributed by atoms with Crippen LogP contribution in [0.25, 0.3) is 11.3 Å². The number of oxazole rings is 1. The van der Waals surface area contributed by atoms with Crippen molar-refractivity contribution >= 4 is 11.6 Å². The van der Waals surface area contributed by atoms with Gasteiger partial charge in [-0.2, -0.15) is 0 Å². The largest absolute Gasteiger partial charge is 0.497 e. The summed E-state index contributed by atoms with van der Waals surface area (Å²) in [5.41, 5.74) is 6.23. The van der Waals surface area contributed by atoms with Gasteiger partial charge in [0.25, 0.3) is 0 Å². The van der Waals surface area contributed by atoms with Crippen LogP contribution in [0, 0.1) is 0 Å². The average Bonchev–Trinajstić information content (AvgIpc) is 2.78.